The van der Waals surface area contributed by atoms with E-state index in [1.807, 2.05) is 13.8 Å². The highest BCUT2D eigenvalue weighted by Crippen LogP contribution is 2.29. The monoisotopic (exact) mass is 332 g/mol. The number of carbonyl (C=O) groups is 1. The number of benzene rings is 1. The van der Waals surface area contributed by atoms with E-state index in [9.17, 15) is 9.90 Å². The van der Waals surface area contributed by atoms with E-state index in [1.54, 1.807) is 25.3 Å². The third-order valence-corrected chi connectivity index (χ3v) is 3.29. The lowest BCUT2D eigenvalue weighted by Crippen LogP contribution is -2.45. The van der Waals surface area contributed by atoms with Gasteiger partial charge in [0, 0.05) is 12.1 Å². The number of aliphatic hydroxyl groups is 1. The number of hydrogen-bond donors (Lipinski definition) is 3. The topological polar surface area (TPSA) is 93.8 Å². The van der Waals surface area contributed by atoms with Gasteiger partial charge in [0.15, 0.2) is 0 Å². The van der Waals surface area contributed by atoms with Gasteiger partial charge < -0.3 is 25.6 Å². The molecule has 1 aromatic rings. The van der Waals surface area contributed by atoms with E-state index in [2.05, 4.69) is 5.32 Å². The van der Waals surface area contributed by atoms with Gasteiger partial charge in [0.05, 0.1) is 26.4 Å². The van der Waals surface area contributed by atoms with Crippen LogP contribution >= 0.6 is 12.4 Å². The van der Waals surface area contributed by atoms with Crippen LogP contribution in [0.25, 0.3) is 0 Å². The molecular formula is C15H25ClN2O4. The van der Waals surface area contributed by atoms with Gasteiger partial charge in [-0.15, -0.1) is 12.4 Å². The molecular weight excluding hydrogens is 308 g/mol. The lowest BCUT2D eigenvalue weighted by Gasteiger charge is -2.19. The Morgan fingerprint density at radius 1 is 1.32 bits per heavy atom. The molecule has 6 nitrogen and oxygen atoms in total. The average Bonchev–Trinajstić information content (AvgIpc) is 2.50. The molecule has 0 saturated carbocycles. The van der Waals surface area contributed by atoms with Crippen molar-refractivity contribution in [3.05, 3.63) is 23.8 Å². The summed E-state index contributed by atoms with van der Waals surface area (Å²) < 4.78 is 10.3. The zero-order valence-corrected chi connectivity index (χ0v) is 14.1. The molecule has 1 rings (SSSR count). The zero-order chi connectivity index (χ0) is 16.0. The van der Waals surface area contributed by atoms with Crippen LogP contribution in [0.1, 0.15) is 25.5 Å². The summed E-state index contributed by atoms with van der Waals surface area (Å²) in [5, 5.41) is 12.9. The first-order valence-corrected chi connectivity index (χ1v) is 6.84. The van der Waals surface area contributed by atoms with E-state index >= 15 is 0 Å². The van der Waals surface area contributed by atoms with Gasteiger partial charge >= 0.3 is 0 Å². The minimum absolute atomic E-state index is 0. The fraction of sp³-hybridized carbons (Fsp3) is 0.533. The van der Waals surface area contributed by atoms with Crippen LogP contribution < -0.4 is 20.5 Å². The van der Waals surface area contributed by atoms with Crippen molar-refractivity contribution in [3.63, 3.8) is 0 Å². The second kappa shape index (κ2) is 9.50. The molecule has 4 N–H and O–H groups in total. The summed E-state index contributed by atoms with van der Waals surface area (Å²) in [5.74, 6) is 0.889. The molecule has 0 radical (unpaired) electrons. The van der Waals surface area contributed by atoms with Crippen molar-refractivity contribution in [1.29, 1.82) is 0 Å². The Hall–Kier alpha value is -1.50. The van der Waals surface area contributed by atoms with Gasteiger partial charge in [-0.1, -0.05) is 13.8 Å². The summed E-state index contributed by atoms with van der Waals surface area (Å²) >= 11 is 0. The summed E-state index contributed by atoms with van der Waals surface area (Å²) in [5.41, 5.74) is 6.30. The first-order chi connectivity index (χ1) is 9.90. The van der Waals surface area contributed by atoms with Crippen LogP contribution in [0, 0.1) is 5.92 Å². The van der Waals surface area contributed by atoms with E-state index in [0.29, 0.717) is 17.1 Å². The Balaban J connectivity index is 0.00000441. The van der Waals surface area contributed by atoms with Crippen molar-refractivity contribution in [2.75, 3.05) is 20.8 Å². The molecule has 0 bridgehead atoms. The number of nitrogens with one attached hydrogen (secondary N) is 1. The Kier molecular flexibility index (Phi) is 8.86. The summed E-state index contributed by atoms with van der Waals surface area (Å²) in [7, 11) is 3.06. The third kappa shape index (κ3) is 5.36. The quantitative estimate of drug-likeness (QED) is 0.699. The highest BCUT2D eigenvalue weighted by molar-refractivity contribution is 5.85. The summed E-state index contributed by atoms with van der Waals surface area (Å²) in [6.45, 7) is 3.79. The normalized spacial score (nSPS) is 13.0. The fourth-order valence-corrected chi connectivity index (χ4v) is 1.83. The summed E-state index contributed by atoms with van der Waals surface area (Å²) in [6, 6.07) is 4.53. The maximum absolute atomic E-state index is 11.8. The standard InChI is InChI=1S/C15H24N2O4.ClH/c1-9(2)14(16)15(19)17-8-12(18)11-7-10(20-3)5-6-13(11)21-4;/h5-7,9,12,14,18H,8,16H2,1-4H3,(H,17,19);1H/t12?,14-;/m0./s1. The van der Waals surface area contributed by atoms with Gasteiger partial charge in [0.25, 0.3) is 0 Å². The van der Waals surface area contributed by atoms with E-state index in [4.69, 9.17) is 15.2 Å². The molecule has 22 heavy (non-hydrogen) atoms. The van der Waals surface area contributed by atoms with Gasteiger partial charge in [-0.3, -0.25) is 4.79 Å². The number of carbonyl (C=O) groups excluding carboxylic acids is 1. The molecule has 2 atom stereocenters. The molecule has 0 aliphatic rings. The van der Waals surface area contributed by atoms with Crippen LogP contribution in [-0.4, -0.2) is 37.8 Å². The Morgan fingerprint density at radius 3 is 2.45 bits per heavy atom. The SMILES string of the molecule is COc1ccc(OC)c(C(O)CNC(=O)[C@@H](N)C(C)C)c1.Cl. The summed E-state index contributed by atoms with van der Waals surface area (Å²) in [4.78, 5) is 11.8. The number of ether oxygens (including phenoxy) is 2. The second-order valence-corrected chi connectivity index (χ2v) is 5.14. The van der Waals surface area contributed by atoms with E-state index in [1.165, 1.54) is 7.11 Å². The predicted octanol–water partition coefficient (Wildman–Crippen LogP) is 1.26. The molecule has 0 spiro atoms. The van der Waals surface area contributed by atoms with Crippen molar-refractivity contribution >= 4 is 18.3 Å². The van der Waals surface area contributed by atoms with Crippen LogP contribution in [0.4, 0.5) is 0 Å². The van der Waals surface area contributed by atoms with Crippen molar-refractivity contribution < 1.29 is 19.4 Å². The largest absolute Gasteiger partial charge is 0.497 e. The third-order valence-electron chi connectivity index (χ3n) is 3.29. The van der Waals surface area contributed by atoms with Crippen LogP contribution in [0.2, 0.25) is 0 Å². The van der Waals surface area contributed by atoms with Crippen molar-refractivity contribution in [1.82, 2.24) is 5.32 Å². The average molecular weight is 333 g/mol. The first kappa shape index (κ1) is 20.5. The van der Waals surface area contributed by atoms with Crippen molar-refractivity contribution in [2.45, 2.75) is 26.0 Å². The van der Waals surface area contributed by atoms with Crippen LogP contribution in [0.5, 0.6) is 11.5 Å². The van der Waals surface area contributed by atoms with Gasteiger partial charge in [-0.2, -0.15) is 0 Å². The van der Waals surface area contributed by atoms with E-state index in [-0.39, 0.29) is 30.8 Å². The van der Waals surface area contributed by atoms with Gasteiger partial charge in [0.2, 0.25) is 5.91 Å². The van der Waals surface area contributed by atoms with Gasteiger partial charge in [0.1, 0.15) is 11.5 Å². The zero-order valence-electron chi connectivity index (χ0n) is 13.3. The molecule has 7 heteroatoms. The van der Waals surface area contributed by atoms with Crippen LogP contribution in [-0.2, 0) is 4.79 Å². The number of nitrogens with two attached hydrogens (primary N) is 1. The number of rotatable bonds is 7. The molecule has 0 saturated heterocycles. The number of hydrogen-bond acceptors (Lipinski definition) is 5. The minimum Gasteiger partial charge on any atom is -0.497 e. The van der Waals surface area contributed by atoms with Crippen LogP contribution in [0.3, 0.4) is 0 Å². The number of methoxy groups -OCH3 is 2. The van der Waals surface area contributed by atoms with E-state index < -0.39 is 12.1 Å². The molecule has 0 aromatic heterocycles. The van der Waals surface area contributed by atoms with Crippen molar-refractivity contribution in [3.8, 4) is 11.5 Å². The maximum Gasteiger partial charge on any atom is 0.237 e. The molecule has 126 valence electrons. The molecule has 1 aromatic carbocycles. The first-order valence-electron chi connectivity index (χ1n) is 6.84. The smallest absolute Gasteiger partial charge is 0.237 e. The fourth-order valence-electron chi connectivity index (χ4n) is 1.83. The highest BCUT2D eigenvalue weighted by atomic mass is 35.5. The maximum atomic E-state index is 11.8. The summed E-state index contributed by atoms with van der Waals surface area (Å²) in [6.07, 6.45) is -0.904. The number of amides is 1. The van der Waals surface area contributed by atoms with E-state index in [0.717, 1.165) is 0 Å². The van der Waals surface area contributed by atoms with Gasteiger partial charge in [-0.25, -0.2) is 0 Å². The Morgan fingerprint density at radius 2 is 1.95 bits per heavy atom. The molecule has 0 aliphatic heterocycles. The van der Waals surface area contributed by atoms with Crippen LogP contribution in [0.15, 0.2) is 18.2 Å². The number of halogens is 1. The van der Waals surface area contributed by atoms with Gasteiger partial charge in [-0.05, 0) is 24.1 Å². The molecule has 0 fully saturated rings. The molecule has 0 aliphatic carbocycles. The predicted molar refractivity (Wildman–Crippen MR) is 87.6 cm³/mol. The highest BCUT2D eigenvalue weighted by Gasteiger charge is 2.20. The molecule has 0 heterocycles. The Bertz CT molecular complexity index is 483. The second-order valence-electron chi connectivity index (χ2n) is 5.14. The molecule has 1 amide bonds. The lowest BCUT2D eigenvalue weighted by molar-refractivity contribution is -0.123. The van der Waals surface area contributed by atoms with Crippen molar-refractivity contribution in [2.24, 2.45) is 11.7 Å². The number of aliphatic hydroxyl groups excluding tert-OH is 1. The Labute approximate surface area is 137 Å². The minimum atomic E-state index is -0.904. The molecule has 1 unspecified atom stereocenters. The lowest BCUT2D eigenvalue weighted by atomic mass is 10.0.